The lowest BCUT2D eigenvalue weighted by Gasteiger charge is -2.37. The Morgan fingerprint density at radius 3 is 2.03 bits per heavy atom. The first-order valence-corrected chi connectivity index (χ1v) is 11.3. The summed E-state index contributed by atoms with van der Waals surface area (Å²) in [6, 6.07) is 13.3. The highest BCUT2D eigenvalue weighted by Gasteiger charge is 2.34. The maximum Gasteiger partial charge on any atom is 0.334 e. The molecule has 2 aromatic carbocycles. The molecular formula is C22H27N3O4S. The molecule has 0 unspecified atom stereocenters. The molecule has 1 aliphatic heterocycles. The monoisotopic (exact) mass is 429 g/mol. The molecular weight excluding hydrogens is 402 g/mol. The zero-order chi connectivity index (χ0) is 21.9. The lowest BCUT2D eigenvalue weighted by Crippen LogP contribution is -2.54. The molecule has 8 heteroatoms. The molecule has 0 radical (unpaired) electrons. The van der Waals surface area contributed by atoms with Crippen LogP contribution < -0.4 is 0 Å². The highest BCUT2D eigenvalue weighted by molar-refractivity contribution is 7.89. The molecule has 1 fully saturated rings. The lowest BCUT2D eigenvalue weighted by molar-refractivity contribution is -0.130. The Balaban J connectivity index is 1.93. The van der Waals surface area contributed by atoms with Gasteiger partial charge in [-0.25, -0.2) is 17.5 Å². The van der Waals surface area contributed by atoms with Crippen LogP contribution in [0.1, 0.15) is 23.6 Å². The topological polar surface area (TPSA) is 78.0 Å². The Hall–Kier alpha value is -2.87. The number of rotatable bonds is 4. The largest absolute Gasteiger partial charge is 0.339 e. The van der Waals surface area contributed by atoms with Gasteiger partial charge in [0.1, 0.15) is 0 Å². The summed E-state index contributed by atoms with van der Waals surface area (Å²) in [7, 11) is -4.05. The van der Waals surface area contributed by atoms with Gasteiger partial charge in [0.25, 0.3) is 10.0 Å². The third-order valence-electron chi connectivity index (χ3n) is 5.39. The van der Waals surface area contributed by atoms with Crippen molar-refractivity contribution in [1.29, 1.82) is 0 Å². The minimum atomic E-state index is -4.05. The quantitative estimate of drug-likeness (QED) is 0.749. The number of benzene rings is 2. The van der Waals surface area contributed by atoms with Gasteiger partial charge >= 0.3 is 6.03 Å². The number of carbonyl (C=O) groups is 2. The van der Waals surface area contributed by atoms with Crippen LogP contribution in [0.4, 0.5) is 4.79 Å². The lowest BCUT2D eigenvalue weighted by atomic mass is 10.1. The van der Waals surface area contributed by atoms with Crippen LogP contribution in [-0.4, -0.2) is 60.6 Å². The molecule has 3 rings (SSSR count). The third-order valence-corrected chi connectivity index (χ3v) is 7.13. The van der Waals surface area contributed by atoms with Crippen LogP contribution in [0.2, 0.25) is 0 Å². The van der Waals surface area contributed by atoms with Crippen LogP contribution in [0, 0.1) is 13.8 Å². The van der Waals surface area contributed by atoms with Gasteiger partial charge in [0.05, 0.1) is 11.4 Å². The van der Waals surface area contributed by atoms with Crippen LogP contribution >= 0.6 is 0 Å². The maximum absolute atomic E-state index is 13.4. The van der Waals surface area contributed by atoms with E-state index in [-0.39, 0.29) is 17.3 Å². The molecule has 3 amide bonds. The van der Waals surface area contributed by atoms with Crippen molar-refractivity contribution in [3.8, 4) is 0 Å². The van der Waals surface area contributed by atoms with Gasteiger partial charge in [0.15, 0.2) is 0 Å². The van der Waals surface area contributed by atoms with Crippen molar-refractivity contribution < 1.29 is 18.0 Å². The predicted molar refractivity (Wildman–Crippen MR) is 114 cm³/mol. The average Bonchev–Trinajstić information content (AvgIpc) is 2.73. The first-order valence-electron chi connectivity index (χ1n) is 9.88. The molecule has 0 N–H and O–H groups in total. The molecule has 0 spiro atoms. The van der Waals surface area contributed by atoms with E-state index in [0.29, 0.717) is 26.2 Å². The number of carbonyl (C=O) groups excluding carboxylic acids is 2. The number of nitrogens with zero attached hydrogens (tertiary/aromatic N) is 3. The van der Waals surface area contributed by atoms with E-state index in [4.69, 9.17) is 0 Å². The van der Waals surface area contributed by atoms with Gasteiger partial charge in [0, 0.05) is 33.1 Å². The summed E-state index contributed by atoms with van der Waals surface area (Å²) in [6.45, 7) is 6.59. The second-order valence-corrected chi connectivity index (χ2v) is 9.39. The van der Waals surface area contributed by atoms with Gasteiger partial charge < -0.3 is 9.80 Å². The number of urea groups is 1. The van der Waals surface area contributed by atoms with Crippen molar-refractivity contribution in [1.82, 2.24) is 14.1 Å². The molecule has 2 aromatic rings. The molecule has 1 heterocycles. The number of piperazine rings is 1. The minimum Gasteiger partial charge on any atom is -0.339 e. The number of sulfonamides is 1. The van der Waals surface area contributed by atoms with E-state index >= 15 is 0 Å². The van der Waals surface area contributed by atoms with Gasteiger partial charge in [-0.15, -0.1) is 0 Å². The maximum atomic E-state index is 13.4. The van der Waals surface area contributed by atoms with Crippen LogP contribution in [0.15, 0.2) is 53.4 Å². The molecule has 0 saturated carbocycles. The standard InChI is InChI=1S/C22H27N3O4S/c1-17-8-10-21(11-9-17)30(28,29)25(16-20-7-5-4-6-18(20)2)22(27)24-14-12-23(13-15-24)19(3)26/h4-11H,12-16H2,1-3H3. The van der Waals surface area contributed by atoms with E-state index in [1.54, 1.807) is 17.0 Å². The van der Waals surface area contributed by atoms with Crippen molar-refractivity contribution in [3.63, 3.8) is 0 Å². The van der Waals surface area contributed by atoms with Crippen LogP contribution in [0.25, 0.3) is 0 Å². The molecule has 0 atom stereocenters. The summed E-state index contributed by atoms with van der Waals surface area (Å²) in [5.74, 6) is -0.0499. The zero-order valence-corrected chi connectivity index (χ0v) is 18.4. The van der Waals surface area contributed by atoms with E-state index in [2.05, 4.69) is 0 Å². The number of hydrogen-bond acceptors (Lipinski definition) is 4. The first kappa shape index (κ1) is 21.8. The molecule has 160 valence electrons. The Morgan fingerprint density at radius 1 is 0.900 bits per heavy atom. The van der Waals surface area contributed by atoms with Crippen molar-refractivity contribution in [2.45, 2.75) is 32.2 Å². The Morgan fingerprint density at radius 2 is 1.47 bits per heavy atom. The highest BCUT2D eigenvalue weighted by atomic mass is 32.2. The predicted octanol–water partition coefficient (Wildman–Crippen LogP) is 2.78. The average molecular weight is 430 g/mol. The van der Waals surface area contributed by atoms with Crippen LogP contribution in [0.3, 0.4) is 0 Å². The van der Waals surface area contributed by atoms with E-state index in [9.17, 15) is 18.0 Å². The molecule has 7 nitrogen and oxygen atoms in total. The van der Waals surface area contributed by atoms with E-state index in [1.807, 2.05) is 38.1 Å². The van der Waals surface area contributed by atoms with Gasteiger partial charge in [-0.2, -0.15) is 0 Å². The molecule has 0 aromatic heterocycles. The normalized spacial score (nSPS) is 14.5. The molecule has 0 aliphatic carbocycles. The summed E-state index contributed by atoms with van der Waals surface area (Å²) >= 11 is 0. The van der Waals surface area contributed by atoms with Gasteiger partial charge in [-0.05, 0) is 37.1 Å². The zero-order valence-electron chi connectivity index (χ0n) is 17.5. The van der Waals surface area contributed by atoms with Crippen molar-refractivity contribution in [3.05, 3.63) is 65.2 Å². The SMILES string of the molecule is CC(=O)N1CCN(C(=O)N(Cc2ccccc2C)S(=O)(=O)c2ccc(C)cc2)CC1. The fourth-order valence-corrected chi connectivity index (χ4v) is 4.77. The fourth-order valence-electron chi connectivity index (χ4n) is 3.41. The van der Waals surface area contributed by atoms with E-state index in [0.717, 1.165) is 21.0 Å². The van der Waals surface area contributed by atoms with Gasteiger partial charge in [-0.1, -0.05) is 42.0 Å². The number of aryl methyl sites for hydroxylation is 2. The second kappa shape index (κ2) is 8.87. The fraction of sp³-hybridized carbons (Fsp3) is 0.364. The smallest absolute Gasteiger partial charge is 0.334 e. The molecule has 0 bridgehead atoms. The number of hydrogen-bond donors (Lipinski definition) is 0. The van der Waals surface area contributed by atoms with E-state index in [1.165, 1.54) is 24.0 Å². The third kappa shape index (κ3) is 4.64. The molecule has 1 aliphatic rings. The highest BCUT2D eigenvalue weighted by Crippen LogP contribution is 2.23. The second-order valence-electron chi connectivity index (χ2n) is 7.53. The Bertz CT molecular complexity index is 1030. The summed E-state index contributed by atoms with van der Waals surface area (Å²) < 4.78 is 27.8. The van der Waals surface area contributed by atoms with Crippen molar-refractivity contribution in [2.75, 3.05) is 26.2 Å². The van der Waals surface area contributed by atoms with Gasteiger partial charge in [0.2, 0.25) is 5.91 Å². The Kier molecular flexibility index (Phi) is 6.45. The number of amides is 3. The van der Waals surface area contributed by atoms with Crippen molar-refractivity contribution >= 4 is 22.0 Å². The minimum absolute atomic E-state index is 0.0470. The van der Waals surface area contributed by atoms with Crippen LogP contribution in [0.5, 0.6) is 0 Å². The first-order chi connectivity index (χ1) is 14.2. The van der Waals surface area contributed by atoms with Crippen molar-refractivity contribution in [2.24, 2.45) is 0 Å². The van der Waals surface area contributed by atoms with E-state index < -0.39 is 16.1 Å². The summed E-state index contributed by atoms with van der Waals surface area (Å²) in [6.07, 6.45) is 0. The Labute approximate surface area is 177 Å². The van der Waals surface area contributed by atoms with Crippen LogP contribution in [-0.2, 0) is 21.4 Å². The van der Waals surface area contributed by atoms with Gasteiger partial charge in [-0.3, -0.25) is 4.79 Å². The molecule has 1 saturated heterocycles. The molecule has 30 heavy (non-hydrogen) atoms. The summed E-state index contributed by atoms with van der Waals surface area (Å²) in [5, 5.41) is 0. The summed E-state index contributed by atoms with van der Waals surface area (Å²) in [5.41, 5.74) is 2.62. The summed E-state index contributed by atoms with van der Waals surface area (Å²) in [4.78, 5) is 28.2.